The number of hydrogen-bond donors (Lipinski definition) is 0. The first kappa shape index (κ1) is 16.1. The topological polar surface area (TPSA) is 59.9 Å². The molecule has 0 aliphatic carbocycles. The Labute approximate surface area is 127 Å². The van der Waals surface area contributed by atoms with Gasteiger partial charge in [-0.2, -0.15) is 0 Å². The van der Waals surface area contributed by atoms with E-state index in [1.165, 1.54) is 6.26 Å². The molecule has 7 heteroatoms. The SMILES string of the molecule is CC(C)Cc1nc(C(C)S(C)(=O)=O)nc(Cl)c1I. The van der Waals surface area contributed by atoms with Crippen molar-refractivity contribution in [3.8, 4) is 0 Å². The Kier molecular flexibility index (Phi) is 5.37. The molecule has 0 aromatic carbocycles. The Balaban J connectivity index is 3.28. The van der Waals surface area contributed by atoms with E-state index < -0.39 is 15.1 Å². The van der Waals surface area contributed by atoms with Crippen LogP contribution in [0.4, 0.5) is 0 Å². The number of sulfone groups is 1. The van der Waals surface area contributed by atoms with Crippen LogP contribution in [0.3, 0.4) is 0 Å². The van der Waals surface area contributed by atoms with E-state index in [-0.39, 0.29) is 5.82 Å². The molecule has 0 radical (unpaired) electrons. The zero-order valence-electron chi connectivity index (χ0n) is 10.7. The van der Waals surface area contributed by atoms with Gasteiger partial charge in [0.1, 0.15) is 16.2 Å². The van der Waals surface area contributed by atoms with Crippen molar-refractivity contribution in [1.29, 1.82) is 0 Å². The predicted molar refractivity (Wildman–Crippen MR) is 81.6 cm³/mol. The van der Waals surface area contributed by atoms with Gasteiger partial charge in [-0.25, -0.2) is 18.4 Å². The van der Waals surface area contributed by atoms with E-state index >= 15 is 0 Å². The van der Waals surface area contributed by atoms with Crippen molar-refractivity contribution in [2.24, 2.45) is 5.92 Å². The molecule has 0 spiro atoms. The van der Waals surface area contributed by atoms with Crippen LogP contribution < -0.4 is 0 Å². The molecule has 0 fully saturated rings. The van der Waals surface area contributed by atoms with Gasteiger partial charge < -0.3 is 0 Å². The number of rotatable bonds is 4. The van der Waals surface area contributed by atoms with Crippen LogP contribution in [0.15, 0.2) is 0 Å². The fraction of sp³-hybridized carbons (Fsp3) is 0.636. The number of aromatic nitrogens is 2. The van der Waals surface area contributed by atoms with Gasteiger partial charge in [0.05, 0.1) is 9.26 Å². The van der Waals surface area contributed by atoms with Crippen LogP contribution >= 0.6 is 34.2 Å². The molecule has 1 rings (SSSR count). The van der Waals surface area contributed by atoms with Gasteiger partial charge in [0.2, 0.25) is 0 Å². The maximum absolute atomic E-state index is 11.5. The summed E-state index contributed by atoms with van der Waals surface area (Å²) < 4.78 is 23.9. The second-order valence-corrected chi connectivity index (χ2v) is 8.51. The Morgan fingerprint density at radius 3 is 2.28 bits per heavy atom. The standard InChI is InChI=1S/C11H16ClIN2O2S/c1-6(2)5-8-9(13)10(12)15-11(14-8)7(3)18(4,16)17/h6-7H,5H2,1-4H3. The Hall–Kier alpha value is 0.0500. The first-order chi connectivity index (χ1) is 8.12. The van der Waals surface area contributed by atoms with Gasteiger partial charge in [0.15, 0.2) is 9.84 Å². The molecule has 1 atom stereocenters. The minimum atomic E-state index is -3.22. The summed E-state index contributed by atoms with van der Waals surface area (Å²) in [4.78, 5) is 8.43. The van der Waals surface area contributed by atoms with Crippen LogP contribution in [0.1, 0.15) is 37.5 Å². The van der Waals surface area contributed by atoms with Gasteiger partial charge in [-0.1, -0.05) is 25.4 Å². The molecule has 0 aliphatic rings. The third-order valence-corrected chi connectivity index (χ3v) is 5.73. The van der Waals surface area contributed by atoms with Crippen molar-refractivity contribution in [2.45, 2.75) is 32.4 Å². The largest absolute Gasteiger partial charge is 0.235 e. The average molecular weight is 403 g/mol. The highest BCUT2D eigenvalue weighted by atomic mass is 127. The number of nitrogens with zero attached hydrogens (tertiary/aromatic N) is 2. The van der Waals surface area contributed by atoms with Crippen LogP contribution in [0.2, 0.25) is 5.15 Å². The van der Waals surface area contributed by atoms with Crippen molar-refractivity contribution in [1.82, 2.24) is 9.97 Å². The predicted octanol–water partition coefficient (Wildman–Crippen LogP) is 3.04. The molecule has 1 aromatic heterocycles. The van der Waals surface area contributed by atoms with Crippen molar-refractivity contribution in [3.05, 3.63) is 20.2 Å². The molecule has 102 valence electrons. The summed E-state index contributed by atoms with van der Waals surface area (Å²) >= 11 is 8.14. The van der Waals surface area contributed by atoms with E-state index in [4.69, 9.17) is 11.6 Å². The zero-order chi connectivity index (χ0) is 14.1. The molecule has 0 aliphatic heterocycles. The molecule has 1 aromatic rings. The van der Waals surface area contributed by atoms with E-state index in [9.17, 15) is 8.42 Å². The molecule has 1 unspecified atom stereocenters. The number of hydrogen-bond acceptors (Lipinski definition) is 4. The average Bonchev–Trinajstić information content (AvgIpc) is 2.21. The van der Waals surface area contributed by atoms with Crippen molar-refractivity contribution >= 4 is 44.0 Å². The van der Waals surface area contributed by atoms with Gasteiger partial charge in [-0.3, -0.25) is 0 Å². The fourth-order valence-electron chi connectivity index (χ4n) is 1.38. The van der Waals surface area contributed by atoms with Crippen molar-refractivity contribution in [2.75, 3.05) is 6.26 Å². The Bertz CT molecular complexity index is 546. The molecule has 0 N–H and O–H groups in total. The minimum absolute atomic E-state index is 0.276. The maximum atomic E-state index is 11.5. The van der Waals surface area contributed by atoms with E-state index in [1.54, 1.807) is 6.92 Å². The monoisotopic (exact) mass is 402 g/mol. The third-order valence-electron chi connectivity index (χ3n) is 2.50. The van der Waals surface area contributed by atoms with Gasteiger partial charge >= 0.3 is 0 Å². The first-order valence-corrected chi connectivity index (χ1v) is 8.94. The van der Waals surface area contributed by atoms with Crippen molar-refractivity contribution in [3.63, 3.8) is 0 Å². The first-order valence-electron chi connectivity index (χ1n) is 5.53. The Morgan fingerprint density at radius 2 is 1.83 bits per heavy atom. The highest BCUT2D eigenvalue weighted by Crippen LogP contribution is 2.25. The summed E-state index contributed by atoms with van der Waals surface area (Å²) in [6.45, 7) is 5.73. The van der Waals surface area contributed by atoms with Gasteiger partial charge in [-0.05, 0) is 41.9 Å². The highest BCUT2D eigenvalue weighted by Gasteiger charge is 2.23. The lowest BCUT2D eigenvalue weighted by Gasteiger charge is -2.13. The summed E-state index contributed by atoms with van der Waals surface area (Å²) in [5.41, 5.74) is 0.816. The fourth-order valence-corrected chi connectivity index (χ4v) is 2.52. The van der Waals surface area contributed by atoms with Gasteiger partial charge in [0.25, 0.3) is 0 Å². The van der Waals surface area contributed by atoms with Crippen LogP contribution in [-0.4, -0.2) is 24.6 Å². The summed E-state index contributed by atoms with van der Waals surface area (Å²) in [6, 6.07) is 0. The quantitative estimate of drug-likeness (QED) is 0.574. The molecular formula is C11H16ClIN2O2S. The van der Waals surface area contributed by atoms with Crippen LogP contribution in [0.25, 0.3) is 0 Å². The molecule has 4 nitrogen and oxygen atoms in total. The van der Waals surface area contributed by atoms with E-state index in [0.717, 1.165) is 15.7 Å². The maximum Gasteiger partial charge on any atom is 0.157 e. The van der Waals surface area contributed by atoms with Crippen molar-refractivity contribution < 1.29 is 8.42 Å². The van der Waals surface area contributed by atoms with Crippen LogP contribution in [0, 0.1) is 9.49 Å². The molecular weight excluding hydrogens is 387 g/mol. The lowest BCUT2D eigenvalue weighted by Crippen LogP contribution is -2.14. The minimum Gasteiger partial charge on any atom is -0.235 e. The third kappa shape index (κ3) is 4.03. The normalized spacial score (nSPS) is 13.9. The molecule has 1 heterocycles. The summed E-state index contributed by atoms with van der Waals surface area (Å²) in [6.07, 6.45) is 1.93. The zero-order valence-corrected chi connectivity index (χ0v) is 14.5. The Morgan fingerprint density at radius 1 is 1.28 bits per heavy atom. The lowest BCUT2D eigenvalue weighted by molar-refractivity contribution is 0.587. The smallest absolute Gasteiger partial charge is 0.157 e. The second kappa shape index (κ2) is 6.00. The summed E-state index contributed by atoms with van der Waals surface area (Å²) in [5.74, 6) is 0.699. The molecule has 0 amide bonds. The summed E-state index contributed by atoms with van der Waals surface area (Å²) in [7, 11) is -3.22. The van der Waals surface area contributed by atoms with Gasteiger partial charge in [0, 0.05) is 6.26 Å². The molecule has 0 saturated carbocycles. The number of halogens is 2. The lowest BCUT2D eigenvalue weighted by atomic mass is 10.1. The summed E-state index contributed by atoms with van der Waals surface area (Å²) in [5, 5.41) is -0.412. The van der Waals surface area contributed by atoms with E-state index in [1.807, 2.05) is 0 Å². The van der Waals surface area contributed by atoms with Crippen LogP contribution in [-0.2, 0) is 16.3 Å². The molecule has 0 bridgehead atoms. The highest BCUT2D eigenvalue weighted by molar-refractivity contribution is 14.1. The van der Waals surface area contributed by atoms with E-state index in [0.29, 0.717) is 11.1 Å². The van der Waals surface area contributed by atoms with E-state index in [2.05, 4.69) is 46.4 Å². The van der Waals surface area contributed by atoms with Gasteiger partial charge in [-0.15, -0.1) is 0 Å². The molecule has 0 saturated heterocycles. The molecule has 18 heavy (non-hydrogen) atoms. The second-order valence-electron chi connectivity index (χ2n) is 4.70. The van der Waals surface area contributed by atoms with Crippen LogP contribution in [0.5, 0.6) is 0 Å².